The van der Waals surface area contributed by atoms with E-state index in [0.29, 0.717) is 11.8 Å². The predicted molar refractivity (Wildman–Crippen MR) is 256 cm³/mol. The molecule has 3 fully saturated rings. The third-order valence-corrected chi connectivity index (χ3v) is 18.8. The summed E-state index contributed by atoms with van der Waals surface area (Å²) in [6, 6.07) is 67.2. The summed E-state index contributed by atoms with van der Waals surface area (Å²) >= 11 is 0. The monoisotopic (exact) mass is 796 g/mol. The Balaban J connectivity index is 0.966. The molecule has 0 saturated heterocycles. The maximum atomic E-state index is 2.51. The first-order valence-corrected chi connectivity index (χ1v) is 25.7. The minimum atomic E-state index is -1.83. The third kappa shape index (κ3) is 6.19. The van der Waals surface area contributed by atoms with Gasteiger partial charge in [-0.3, -0.25) is 0 Å². The number of nitrogens with zero attached hydrogens (tertiary/aromatic N) is 2. The number of rotatable bonds is 9. The molecule has 60 heavy (non-hydrogen) atoms. The summed E-state index contributed by atoms with van der Waals surface area (Å²) in [6.07, 6.45) is 12.0. The van der Waals surface area contributed by atoms with Crippen LogP contribution in [0, 0.1) is 11.8 Å². The summed E-state index contributed by atoms with van der Waals surface area (Å²) < 4.78 is 0. The highest BCUT2D eigenvalue weighted by atomic mass is 28.3. The van der Waals surface area contributed by atoms with Gasteiger partial charge in [0.15, 0.2) is 0 Å². The lowest BCUT2D eigenvalue weighted by molar-refractivity contribution is 0.320. The normalized spacial score (nSPS) is 21.4. The van der Waals surface area contributed by atoms with Gasteiger partial charge in [0.25, 0.3) is 0 Å². The minimum absolute atomic E-state index is 0.0132. The highest BCUT2D eigenvalue weighted by Gasteiger charge is 2.52. The molecule has 4 aliphatic rings. The number of anilines is 6. The molecular weight excluding hydrogens is 741 g/mol. The Morgan fingerprint density at radius 2 is 1.00 bits per heavy atom. The zero-order valence-electron chi connectivity index (χ0n) is 35.2. The van der Waals surface area contributed by atoms with Crippen molar-refractivity contribution in [2.24, 2.45) is 11.8 Å². The average Bonchev–Trinajstić information content (AvgIpc) is 4.00. The van der Waals surface area contributed by atoms with Crippen LogP contribution >= 0.6 is 0 Å². The molecule has 0 radical (unpaired) electrons. The number of hydrogen-bond acceptors (Lipinski definition) is 2. The van der Waals surface area contributed by atoms with Crippen molar-refractivity contribution in [3.63, 3.8) is 0 Å². The molecule has 2 bridgehead atoms. The van der Waals surface area contributed by atoms with Crippen LogP contribution in [0.15, 0.2) is 176 Å². The number of para-hydroxylation sites is 2. The van der Waals surface area contributed by atoms with E-state index < -0.39 is 8.07 Å². The summed E-state index contributed by atoms with van der Waals surface area (Å²) in [5, 5.41) is 3.07. The second-order valence-electron chi connectivity index (χ2n) is 18.8. The van der Waals surface area contributed by atoms with E-state index in [1.165, 1.54) is 125 Å². The van der Waals surface area contributed by atoms with Crippen LogP contribution < -0.4 is 20.2 Å². The summed E-state index contributed by atoms with van der Waals surface area (Å²) in [6.45, 7) is 5.02. The van der Waals surface area contributed by atoms with Crippen LogP contribution in [0.1, 0.15) is 80.4 Å². The van der Waals surface area contributed by atoms with Crippen molar-refractivity contribution in [1.82, 2.24) is 0 Å². The van der Waals surface area contributed by atoms with Gasteiger partial charge in [0, 0.05) is 39.4 Å². The van der Waals surface area contributed by atoms with Crippen molar-refractivity contribution in [2.45, 2.75) is 82.2 Å². The van der Waals surface area contributed by atoms with Gasteiger partial charge in [-0.25, -0.2) is 0 Å². The molecule has 3 atom stereocenters. The Labute approximate surface area is 358 Å². The number of benzene rings is 7. The molecule has 7 aromatic carbocycles. The summed E-state index contributed by atoms with van der Waals surface area (Å²) in [4.78, 5) is 4.95. The van der Waals surface area contributed by atoms with Gasteiger partial charge in [-0.2, -0.15) is 0 Å². The Hall–Kier alpha value is -5.64. The smallest absolute Gasteiger partial charge is 0.113 e. The first-order valence-electron chi connectivity index (χ1n) is 22.7. The molecule has 3 saturated carbocycles. The Bertz CT molecular complexity index is 2610. The Morgan fingerprint density at radius 1 is 0.467 bits per heavy atom. The van der Waals surface area contributed by atoms with Crippen LogP contribution in [-0.2, 0) is 5.41 Å². The minimum Gasteiger partial charge on any atom is -0.311 e. The van der Waals surface area contributed by atoms with E-state index in [1.54, 1.807) is 5.19 Å². The van der Waals surface area contributed by atoms with Crippen LogP contribution in [0.4, 0.5) is 34.1 Å². The zero-order valence-corrected chi connectivity index (χ0v) is 36.2. The van der Waals surface area contributed by atoms with Crippen LogP contribution in [0.25, 0.3) is 11.1 Å². The molecule has 298 valence electrons. The second kappa shape index (κ2) is 15.1. The average molecular weight is 797 g/mol. The molecular formula is C57H56N2Si. The largest absolute Gasteiger partial charge is 0.311 e. The van der Waals surface area contributed by atoms with Gasteiger partial charge < -0.3 is 9.80 Å². The molecule has 1 heterocycles. The van der Waals surface area contributed by atoms with Crippen molar-refractivity contribution in [3.8, 4) is 11.1 Å². The topological polar surface area (TPSA) is 6.48 Å². The van der Waals surface area contributed by atoms with Gasteiger partial charge in [0.2, 0.25) is 0 Å². The van der Waals surface area contributed by atoms with Crippen molar-refractivity contribution in [3.05, 3.63) is 193 Å². The molecule has 2 nitrogen and oxygen atoms in total. The number of fused-ring (bicyclic) bond motifs is 5. The lowest BCUT2D eigenvalue weighted by Gasteiger charge is -2.40. The first-order chi connectivity index (χ1) is 29.5. The van der Waals surface area contributed by atoms with Crippen LogP contribution in [-0.4, -0.2) is 8.07 Å². The Morgan fingerprint density at radius 3 is 1.60 bits per heavy atom. The molecule has 3 heteroatoms. The summed E-state index contributed by atoms with van der Waals surface area (Å²) in [5.41, 5.74) is 14.6. The van der Waals surface area contributed by atoms with Gasteiger partial charge in [0.1, 0.15) is 8.07 Å². The fraction of sp³-hybridized carbons (Fsp3) is 0.263. The van der Waals surface area contributed by atoms with E-state index in [1.807, 2.05) is 0 Å². The van der Waals surface area contributed by atoms with E-state index in [-0.39, 0.29) is 5.41 Å². The molecule has 0 amide bonds. The summed E-state index contributed by atoms with van der Waals surface area (Å²) in [7, 11) is -1.83. The first kappa shape index (κ1) is 37.4. The standard InChI is InChI=1S/C57H56N2Si/c1-60(2)54-23-13-12-21-52(54)56-53(22-14-24-55(56)60)59(48-19-10-5-11-20-48)51-37-31-45(32-38-51)57(40-41-25-28-46(57)39-41)44-29-35-50(36-30-44)58(47-17-8-4-9-18-47)49-33-26-43(27-34-49)42-15-6-3-7-16-42/h4-5,8-14,17-24,26-27,29-38,41-42,46H,3,6-7,15-16,25,28,39-40H2,1-2H3. The quantitative estimate of drug-likeness (QED) is 0.134. The van der Waals surface area contributed by atoms with Gasteiger partial charge in [-0.1, -0.05) is 148 Å². The van der Waals surface area contributed by atoms with Crippen LogP contribution in [0.5, 0.6) is 0 Å². The van der Waals surface area contributed by atoms with Crippen molar-refractivity contribution < 1.29 is 0 Å². The summed E-state index contributed by atoms with van der Waals surface area (Å²) in [5.74, 6) is 2.15. The van der Waals surface area contributed by atoms with Crippen molar-refractivity contribution in [2.75, 3.05) is 9.80 Å². The second-order valence-corrected chi connectivity index (χ2v) is 23.1. The zero-order chi connectivity index (χ0) is 40.3. The fourth-order valence-corrected chi connectivity index (χ4v) is 15.4. The highest BCUT2D eigenvalue weighted by Crippen LogP contribution is 2.60. The molecule has 0 aromatic heterocycles. The third-order valence-electron chi connectivity index (χ3n) is 15.2. The van der Waals surface area contributed by atoms with Gasteiger partial charge in [-0.05, 0) is 149 Å². The Kier molecular flexibility index (Phi) is 9.42. The lowest BCUT2D eigenvalue weighted by Crippen LogP contribution is -2.49. The fourth-order valence-electron chi connectivity index (χ4n) is 12.3. The van der Waals surface area contributed by atoms with E-state index >= 15 is 0 Å². The van der Waals surface area contributed by atoms with Gasteiger partial charge >= 0.3 is 0 Å². The van der Waals surface area contributed by atoms with E-state index in [0.717, 1.165) is 5.92 Å². The predicted octanol–water partition coefficient (Wildman–Crippen LogP) is 14.6. The SMILES string of the molecule is C[Si]1(C)c2ccccc2-c2c(N(c3ccccc3)c3ccc(C4(c5ccc(N(c6ccccc6)c6ccc(C7CCCCC7)cc6)cc5)CC5CCC4C5)cc3)cccc21. The van der Waals surface area contributed by atoms with Crippen LogP contribution in [0.3, 0.4) is 0 Å². The number of hydrogen-bond donors (Lipinski definition) is 0. The maximum Gasteiger partial charge on any atom is 0.113 e. The van der Waals surface area contributed by atoms with Crippen molar-refractivity contribution >= 4 is 52.6 Å². The molecule has 7 aromatic rings. The van der Waals surface area contributed by atoms with Crippen molar-refractivity contribution in [1.29, 1.82) is 0 Å². The molecule has 3 unspecified atom stereocenters. The molecule has 3 aliphatic carbocycles. The lowest BCUT2D eigenvalue weighted by atomic mass is 9.64. The molecule has 11 rings (SSSR count). The van der Waals surface area contributed by atoms with Gasteiger partial charge in [-0.15, -0.1) is 0 Å². The highest BCUT2D eigenvalue weighted by molar-refractivity contribution is 7.04. The molecule has 0 N–H and O–H groups in total. The van der Waals surface area contributed by atoms with E-state index in [9.17, 15) is 0 Å². The molecule has 1 aliphatic heterocycles. The van der Waals surface area contributed by atoms with E-state index in [2.05, 4.69) is 199 Å². The van der Waals surface area contributed by atoms with E-state index in [4.69, 9.17) is 0 Å². The maximum absolute atomic E-state index is 2.51. The van der Waals surface area contributed by atoms with Gasteiger partial charge in [0.05, 0.1) is 5.69 Å². The molecule has 0 spiro atoms. The van der Waals surface area contributed by atoms with Crippen LogP contribution in [0.2, 0.25) is 13.1 Å².